The zero-order chi connectivity index (χ0) is 14.1. The number of piperidine rings is 1. The molecule has 1 aromatic rings. The Morgan fingerprint density at radius 3 is 2.85 bits per heavy atom. The Hall–Kier alpha value is -1.65. The summed E-state index contributed by atoms with van der Waals surface area (Å²) in [5.41, 5.74) is 0.761. The fourth-order valence-electron chi connectivity index (χ4n) is 2.82. The number of carbonyl (C=O) groups is 1. The van der Waals surface area contributed by atoms with Crippen LogP contribution in [0.5, 0.6) is 0 Å². The topological polar surface area (TPSA) is 55.2 Å². The first kappa shape index (κ1) is 13.3. The normalized spacial score (nSPS) is 22.9. The first-order valence-electron chi connectivity index (χ1n) is 7.49. The van der Waals surface area contributed by atoms with Gasteiger partial charge >= 0.3 is 0 Å². The van der Waals surface area contributed by atoms with Gasteiger partial charge in [-0.3, -0.25) is 9.59 Å². The third-order valence-electron chi connectivity index (χ3n) is 4.18. The fraction of sp³-hybridized carbons (Fsp3) is 0.667. The summed E-state index contributed by atoms with van der Waals surface area (Å²) in [5.74, 6) is 1.06. The Balaban J connectivity index is 1.71. The van der Waals surface area contributed by atoms with E-state index in [0.717, 1.165) is 38.0 Å². The highest BCUT2D eigenvalue weighted by atomic mass is 16.2. The molecule has 1 aromatic heterocycles. The van der Waals surface area contributed by atoms with Crippen LogP contribution in [0.3, 0.4) is 0 Å². The molecule has 0 N–H and O–H groups in total. The second kappa shape index (κ2) is 5.38. The highest BCUT2D eigenvalue weighted by molar-refractivity contribution is 5.76. The molecular weight excluding hydrogens is 254 g/mol. The number of rotatable bonds is 3. The molecule has 0 aromatic carbocycles. The summed E-state index contributed by atoms with van der Waals surface area (Å²) in [4.78, 5) is 26.0. The quantitative estimate of drug-likeness (QED) is 0.837. The van der Waals surface area contributed by atoms with E-state index in [2.05, 4.69) is 12.0 Å². The van der Waals surface area contributed by atoms with E-state index in [1.807, 2.05) is 4.90 Å². The number of hydrogen-bond acceptors (Lipinski definition) is 3. The molecule has 1 atom stereocenters. The minimum Gasteiger partial charge on any atom is -0.341 e. The van der Waals surface area contributed by atoms with Gasteiger partial charge < -0.3 is 4.90 Å². The molecule has 5 heteroatoms. The summed E-state index contributed by atoms with van der Waals surface area (Å²) in [5, 5.41) is 4.34. The van der Waals surface area contributed by atoms with E-state index in [-0.39, 0.29) is 18.0 Å². The first-order chi connectivity index (χ1) is 9.63. The third-order valence-corrected chi connectivity index (χ3v) is 4.18. The first-order valence-corrected chi connectivity index (χ1v) is 7.49. The number of likely N-dealkylation sites (tertiary alicyclic amines) is 1. The van der Waals surface area contributed by atoms with E-state index in [0.29, 0.717) is 11.8 Å². The summed E-state index contributed by atoms with van der Waals surface area (Å²) < 4.78 is 1.33. The van der Waals surface area contributed by atoms with E-state index >= 15 is 0 Å². The molecule has 0 radical (unpaired) electrons. The van der Waals surface area contributed by atoms with Crippen molar-refractivity contribution in [3.63, 3.8) is 0 Å². The Labute approximate surface area is 118 Å². The second-order valence-corrected chi connectivity index (χ2v) is 6.12. The standard InChI is InChI=1S/C15H21N3O2/c1-11-3-2-8-17(9-11)15(20)10-18-14(19)7-6-13(16-18)12-4-5-12/h6-7,11-12H,2-5,8-10H2,1H3. The van der Waals surface area contributed by atoms with Crippen molar-refractivity contribution in [2.45, 2.75) is 45.1 Å². The van der Waals surface area contributed by atoms with Crippen LogP contribution in [0, 0.1) is 5.92 Å². The van der Waals surface area contributed by atoms with Crippen LogP contribution in [-0.2, 0) is 11.3 Å². The van der Waals surface area contributed by atoms with Crippen molar-refractivity contribution in [1.29, 1.82) is 0 Å². The van der Waals surface area contributed by atoms with Gasteiger partial charge in [-0.2, -0.15) is 5.10 Å². The lowest BCUT2D eigenvalue weighted by Gasteiger charge is -2.31. The van der Waals surface area contributed by atoms with Gasteiger partial charge in [0.1, 0.15) is 6.54 Å². The molecule has 1 amide bonds. The number of nitrogens with zero attached hydrogens (tertiary/aromatic N) is 3. The van der Waals surface area contributed by atoms with Crippen molar-refractivity contribution < 1.29 is 4.79 Å². The van der Waals surface area contributed by atoms with Crippen LogP contribution in [0.25, 0.3) is 0 Å². The van der Waals surface area contributed by atoms with Gasteiger partial charge in [0.25, 0.3) is 5.56 Å². The molecule has 108 valence electrons. The maximum Gasteiger partial charge on any atom is 0.267 e. The highest BCUT2D eigenvalue weighted by Crippen LogP contribution is 2.38. The zero-order valence-corrected chi connectivity index (χ0v) is 11.9. The maximum atomic E-state index is 12.3. The zero-order valence-electron chi connectivity index (χ0n) is 11.9. The van der Waals surface area contributed by atoms with Gasteiger partial charge in [0.05, 0.1) is 5.69 Å². The van der Waals surface area contributed by atoms with Gasteiger partial charge in [-0.25, -0.2) is 4.68 Å². The highest BCUT2D eigenvalue weighted by Gasteiger charge is 2.26. The van der Waals surface area contributed by atoms with E-state index in [1.165, 1.54) is 17.2 Å². The van der Waals surface area contributed by atoms with E-state index in [9.17, 15) is 9.59 Å². The van der Waals surface area contributed by atoms with Crippen molar-refractivity contribution >= 4 is 5.91 Å². The maximum absolute atomic E-state index is 12.3. The van der Waals surface area contributed by atoms with E-state index in [4.69, 9.17) is 0 Å². The second-order valence-electron chi connectivity index (χ2n) is 6.12. The lowest BCUT2D eigenvalue weighted by atomic mass is 10.0. The van der Waals surface area contributed by atoms with Crippen LogP contribution in [0.1, 0.15) is 44.2 Å². The van der Waals surface area contributed by atoms with Crippen LogP contribution >= 0.6 is 0 Å². The summed E-state index contributed by atoms with van der Waals surface area (Å²) in [6.07, 6.45) is 4.52. The Morgan fingerprint density at radius 2 is 2.15 bits per heavy atom. The van der Waals surface area contributed by atoms with E-state index in [1.54, 1.807) is 6.07 Å². The molecule has 1 aliphatic carbocycles. The predicted octanol–water partition coefficient (Wildman–Crippen LogP) is 1.38. The number of carbonyl (C=O) groups excluding carboxylic acids is 1. The molecule has 2 fully saturated rings. The van der Waals surface area contributed by atoms with Gasteiger partial charge in [0, 0.05) is 25.1 Å². The molecule has 0 bridgehead atoms. The van der Waals surface area contributed by atoms with Crippen LogP contribution < -0.4 is 5.56 Å². The molecule has 5 nitrogen and oxygen atoms in total. The van der Waals surface area contributed by atoms with Crippen molar-refractivity contribution in [2.75, 3.05) is 13.1 Å². The summed E-state index contributed by atoms with van der Waals surface area (Å²) in [7, 11) is 0. The molecule has 1 unspecified atom stereocenters. The number of hydrogen-bond donors (Lipinski definition) is 0. The van der Waals surface area contributed by atoms with Gasteiger partial charge in [-0.05, 0) is 37.7 Å². The lowest BCUT2D eigenvalue weighted by molar-refractivity contribution is -0.133. The predicted molar refractivity (Wildman–Crippen MR) is 75.5 cm³/mol. The lowest BCUT2D eigenvalue weighted by Crippen LogP contribution is -2.42. The summed E-state index contributed by atoms with van der Waals surface area (Å²) >= 11 is 0. The van der Waals surface area contributed by atoms with Gasteiger partial charge in [0.15, 0.2) is 0 Å². The molecule has 2 heterocycles. The van der Waals surface area contributed by atoms with Crippen LogP contribution in [0.15, 0.2) is 16.9 Å². The largest absolute Gasteiger partial charge is 0.341 e. The van der Waals surface area contributed by atoms with Gasteiger partial charge in [-0.15, -0.1) is 0 Å². The minimum absolute atomic E-state index is 0.0131. The summed E-state index contributed by atoms with van der Waals surface area (Å²) in [6, 6.07) is 3.33. The molecule has 20 heavy (non-hydrogen) atoms. The molecule has 0 spiro atoms. The number of amides is 1. The van der Waals surface area contributed by atoms with Crippen LogP contribution in [-0.4, -0.2) is 33.7 Å². The molecule has 1 aliphatic heterocycles. The van der Waals surface area contributed by atoms with Crippen molar-refractivity contribution in [3.8, 4) is 0 Å². The average molecular weight is 275 g/mol. The minimum atomic E-state index is -0.187. The SMILES string of the molecule is CC1CCCN(C(=O)Cn2nc(C3CC3)ccc2=O)C1. The van der Waals surface area contributed by atoms with Crippen LogP contribution in [0.2, 0.25) is 0 Å². The molecule has 2 aliphatic rings. The van der Waals surface area contributed by atoms with Gasteiger partial charge in [0.2, 0.25) is 5.91 Å². The fourth-order valence-corrected chi connectivity index (χ4v) is 2.82. The Kier molecular flexibility index (Phi) is 3.59. The monoisotopic (exact) mass is 275 g/mol. The van der Waals surface area contributed by atoms with Crippen molar-refractivity contribution in [2.24, 2.45) is 5.92 Å². The molecule has 1 saturated carbocycles. The van der Waals surface area contributed by atoms with Crippen molar-refractivity contribution in [3.05, 3.63) is 28.2 Å². The smallest absolute Gasteiger partial charge is 0.267 e. The molecule has 1 saturated heterocycles. The third kappa shape index (κ3) is 2.92. The Bertz CT molecular complexity index is 562. The van der Waals surface area contributed by atoms with E-state index < -0.39 is 0 Å². The molecule has 3 rings (SSSR count). The average Bonchev–Trinajstić information content (AvgIpc) is 3.25. The number of aromatic nitrogens is 2. The Morgan fingerprint density at radius 1 is 1.35 bits per heavy atom. The van der Waals surface area contributed by atoms with Gasteiger partial charge in [-0.1, -0.05) is 6.92 Å². The van der Waals surface area contributed by atoms with Crippen molar-refractivity contribution in [1.82, 2.24) is 14.7 Å². The summed E-state index contributed by atoms with van der Waals surface area (Å²) in [6.45, 7) is 3.85. The van der Waals surface area contributed by atoms with Crippen LogP contribution in [0.4, 0.5) is 0 Å². The molecular formula is C15H21N3O2.